The Morgan fingerprint density at radius 3 is 1.45 bits per heavy atom. The molecule has 37 heteroatoms. The van der Waals surface area contributed by atoms with Crippen LogP contribution >= 0.6 is 0 Å². The van der Waals surface area contributed by atoms with Gasteiger partial charge in [0, 0.05) is 27.2 Å². The molecule has 6 saturated heterocycles. The monoisotopic (exact) mass is 1200 g/mol. The molecule has 0 bridgehead atoms. The number of rotatable bonds is 22. The number of hydrogen-bond donors (Lipinski definition) is 22. The minimum atomic E-state index is -3.19. The van der Waals surface area contributed by atoms with E-state index in [0.29, 0.717) is 0 Å². The molecule has 6 aliphatic heterocycles. The predicted molar refractivity (Wildman–Crippen MR) is 251 cm³/mol. The van der Waals surface area contributed by atoms with E-state index < -0.39 is 259 Å². The first-order valence-electron chi connectivity index (χ1n) is 25.7. The fourth-order valence-corrected chi connectivity index (χ4v) is 10.3. The van der Waals surface area contributed by atoms with Crippen LogP contribution in [0.3, 0.4) is 0 Å². The highest BCUT2D eigenvalue weighted by atomic mass is 16.8. The summed E-state index contributed by atoms with van der Waals surface area (Å²) in [6.45, 7) is -3.03. The molecule has 22 N–H and O–H groups in total. The molecule has 6 fully saturated rings. The summed E-state index contributed by atoms with van der Waals surface area (Å²) in [5.74, 6) is -7.78. The van der Waals surface area contributed by atoms with Gasteiger partial charge in [-0.25, -0.2) is 4.79 Å². The molecule has 0 spiro atoms. The highest BCUT2D eigenvalue weighted by molar-refractivity contribution is 5.77. The largest absolute Gasteiger partial charge is 0.477 e. The van der Waals surface area contributed by atoms with Crippen LogP contribution in [-0.2, 0) is 71.3 Å². The lowest BCUT2D eigenvalue weighted by atomic mass is 9.88. The van der Waals surface area contributed by atoms with Gasteiger partial charge in [-0.3, -0.25) is 14.4 Å². The van der Waals surface area contributed by atoms with Gasteiger partial charge in [-0.15, -0.1) is 0 Å². The van der Waals surface area contributed by atoms with Crippen LogP contribution in [-0.4, -0.2) is 350 Å². The van der Waals surface area contributed by atoms with Gasteiger partial charge in [-0.2, -0.15) is 0 Å². The lowest BCUT2D eigenvalue weighted by Gasteiger charge is -2.51. The second-order valence-electron chi connectivity index (χ2n) is 20.4. The molecule has 31 atom stereocenters. The standard InChI is InChI=1S/C45H75N3O34/c1-11(54)46-21-14(57)4-45(44(70)71,81-36(21)24(59)15(58)5-49)82-37-27(62)17(7-51)75-43(33(37)68)79-35-19(9-53)77-41(23(29(35)64)48-13(3)56)80-38-31(66)26(61)20(73-39(38)69)10-72-40-22(47-12(2)55)28(63)34(18(8-52)76-40)78-42-32(67)30(65)25(60)16(6-50)74-42/h14-43,49-53,57-69H,4-10H2,1-3H3,(H,46,54)(H,47,55)(H,48,56)(H,70,71)/t14-,15+,16+,17+,18+,19+,20+,21+,22+,23+,24+,25-,26+,27-,28+,29+,30-,31-,32+,33+,34+,35+,36+,37-,38-,39?,40+,41-,42-,43-,45-/m0/s1. The van der Waals surface area contributed by atoms with Gasteiger partial charge in [-0.1, -0.05) is 0 Å². The first-order chi connectivity index (χ1) is 38.6. The maximum atomic E-state index is 13.0. The highest BCUT2D eigenvalue weighted by Crippen LogP contribution is 2.39. The van der Waals surface area contributed by atoms with Crippen LogP contribution in [0.2, 0.25) is 0 Å². The van der Waals surface area contributed by atoms with Gasteiger partial charge in [0.25, 0.3) is 5.79 Å². The number of carboxylic acid groups (broad SMARTS) is 1. The number of aliphatic carboxylic acids is 1. The average Bonchev–Trinajstić information content (AvgIpc) is 3.50. The number of hydrogen-bond acceptors (Lipinski definition) is 33. The Morgan fingerprint density at radius 2 is 0.951 bits per heavy atom. The van der Waals surface area contributed by atoms with E-state index in [4.69, 9.17) is 52.1 Å². The predicted octanol–water partition coefficient (Wildman–Crippen LogP) is -14.5. The molecule has 6 aliphatic rings. The number of aliphatic hydroxyl groups is 18. The van der Waals surface area contributed by atoms with Crippen LogP contribution in [0.4, 0.5) is 0 Å². The molecule has 6 rings (SSSR count). The third-order valence-electron chi connectivity index (χ3n) is 14.6. The molecule has 0 aromatic carbocycles. The summed E-state index contributed by atoms with van der Waals surface area (Å²) in [5.41, 5.74) is 0. The summed E-state index contributed by atoms with van der Waals surface area (Å²) < 4.78 is 62.3. The molecule has 1 unspecified atom stereocenters. The summed E-state index contributed by atoms with van der Waals surface area (Å²) in [6.07, 6.45) is -54.6. The second-order valence-corrected chi connectivity index (χ2v) is 20.4. The minimum Gasteiger partial charge on any atom is -0.477 e. The number of carboxylic acids is 1. The van der Waals surface area contributed by atoms with Crippen LogP contribution in [0.25, 0.3) is 0 Å². The Bertz CT molecular complexity index is 2090. The van der Waals surface area contributed by atoms with Crippen LogP contribution in [0.5, 0.6) is 0 Å². The fourth-order valence-electron chi connectivity index (χ4n) is 10.3. The Hall–Kier alpha value is -3.28. The number of aliphatic hydroxyl groups excluding tert-OH is 18. The van der Waals surface area contributed by atoms with E-state index in [1.807, 2.05) is 0 Å². The normalized spacial score (nSPS) is 46.3. The van der Waals surface area contributed by atoms with Crippen molar-refractivity contribution in [3.63, 3.8) is 0 Å². The first-order valence-corrected chi connectivity index (χ1v) is 25.7. The number of nitrogens with one attached hydrogen (secondary N) is 3. The van der Waals surface area contributed by atoms with Gasteiger partial charge >= 0.3 is 5.97 Å². The summed E-state index contributed by atoms with van der Waals surface area (Å²) in [6, 6.07) is -5.12. The molecule has 0 aliphatic carbocycles. The van der Waals surface area contributed by atoms with Crippen molar-refractivity contribution >= 4 is 23.7 Å². The Balaban J connectivity index is 1.15. The average molecular weight is 1200 g/mol. The van der Waals surface area contributed by atoms with Crippen molar-refractivity contribution in [1.29, 1.82) is 0 Å². The molecular weight excluding hydrogens is 1130 g/mol. The summed E-state index contributed by atoms with van der Waals surface area (Å²) in [7, 11) is 0. The van der Waals surface area contributed by atoms with Crippen LogP contribution < -0.4 is 16.0 Å². The van der Waals surface area contributed by atoms with E-state index in [0.717, 1.165) is 20.8 Å². The molecule has 0 radical (unpaired) electrons. The smallest absolute Gasteiger partial charge is 0.364 e. The number of carbonyl (C=O) groups excluding carboxylic acids is 3. The van der Waals surface area contributed by atoms with Crippen molar-refractivity contribution in [2.45, 2.75) is 217 Å². The zero-order valence-corrected chi connectivity index (χ0v) is 43.9. The van der Waals surface area contributed by atoms with Gasteiger partial charge < -0.3 is 165 Å². The SMILES string of the molecule is CC(=O)N[C@H]1[C@H](OC[C@H]2OC(O)[C@@H](O[C@@H]3O[C@H](CO)[C@@H](O[C@@H]4O[C@H](CO)[C@H](O)[C@H](O[C@]5(C(=O)O)C[C@H](O)[C@@H](NC(C)=O)[C@H]([C@H](O)[C@H](O)CO)O5)[C@H]4O)[C@H](O)[C@H]3NC(C)=O)[C@@H](O)[C@@H]2O)O[C@H](CO)[C@@H](O[C@@H]2O[C@H](CO)[C@H](O)[C@H](O)[C@H]2O)[C@@H]1O. The summed E-state index contributed by atoms with van der Waals surface area (Å²) >= 11 is 0. The Labute approximate surface area is 463 Å². The molecule has 474 valence electrons. The molecule has 3 amide bonds. The van der Waals surface area contributed by atoms with E-state index in [1.54, 1.807) is 0 Å². The zero-order valence-electron chi connectivity index (χ0n) is 43.9. The topological polar surface area (TPSA) is 590 Å². The van der Waals surface area contributed by atoms with Crippen molar-refractivity contribution < 1.29 is 168 Å². The lowest BCUT2D eigenvalue weighted by molar-refractivity contribution is -0.388. The first kappa shape index (κ1) is 67.8. The van der Waals surface area contributed by atoms with Crippen molar-refractivity contribution in [3.8, 4) is 0 Å². The van der Waals surface area contributed by atoms with Crippen molar-refractivity contribution in [2.75, 3.05) is 39.6 Å². The fraction of sp³-hybridized carbons (Fsp3) is 0.911. The van der Waals surface area contributed by atoms with E-state index >= 15 is 0 Å². The van der Waals surface area contributed by atoms with Crippen molar-refractivity contribution in [2.24, 2.45) is 0 Å². The lowest BCUT2D eigenvalue weighted by Crippen LogP contribution is -2.71. The van der Waals surface area contributed by atoms with Crippen LogP contribution in [0, 0.1) is 0 Å². The van der Waals surface area contributed by atoms with E-state index in [1.165, 1.54) is 0 Å². The molecule has 0 aromatic rings. The zero-order chi connectivity index (χ0) is 61.0. The van der Waals surface area contributed by atoms with E-state index in [2.05, 4.69) is 16.0 Å². The van der Waals surface area contributed by atoms with Gasteiger partial charge in [0.05, 0.1) is 51.8 Å². The van der Waals surface area contributed by atoms with Crippen LogP contribution in [0.1, 0.15) is 27.2 Å². The quantitative estimate of drug-likeness (QED) is 0.0479. The third kappa shape index (κ3) is 14.7. The van der Waals surface area contributed by atoms with Crippen LogP contribution in [0.15, 0.2) is 0 Å². The van der Waals surface area contributed by atoms with E-state index in [-0.39, 0.29) is 0 Å². The Kier molecular flexibility index (Phi) is 23.9. The third-order valence-corrected chi connectivity index (χ3v) is 14.6. The van der Waals surface area contributed by atoms with Crippen molar-refractivity contribution in [1.82, 2.24) is 16.0 Å². The summed E-state index contributed by atoms with van der Waals surface area (Å²) in [4.78, 5) is 49.9. The van der Waals surface area contributed by atoms with Gasteiger partial charge in [-0.05, 0) is 0 Å². The van der Waals surface area contributed by atoms with Gasteiger partial charge in [0.15, 0.2) is 31.5 Å². The maximum absolute atomic E-state index is 13.0. The minimum absolute atomic E-state index is 0.781. The Morgan fingerprint density at radius 1 is 0.500 bits per heavy atom. The van der Waals surface area contributed by atoms with Gasteiger partial charge in [0.2, 0.25) is 17.7 Å². The highest BCUT2D eigenvalue weighted by Gasteiger charge is 2.61. The van der Waals surface area contributed by atoms with Gasteiger partial charge in [0.1, 0.15) is 140 Å². The molecule has 82 heavy (non-hydrogen) atoms. The molecule has 37 nitrogen and oxygen atoms in total. The summed E-state index contributed by atoms with van der Waals surface area (Å²) in [5, 5.41) is 211. The molecule has 6 heterocycles. The number of amides is 3. The second kappa shape index (κ2) is 28.9. The number of ether oxygens (including phenoxy) is 11. The molecular formula is C45H75N3O34. The van der Waals surface area contributed by atoms with Crippen molar-refractivity contribution in [3.05, 3.63) is 0 Å². The maximum Gasteiger partial charge on any atom is 0.364 e. The molecule has 0 aromatic heterocycles. The molecule has 0 saturated carbocycles. The number of carbonyl (C=O) groups is 4. The van der Waals surface area contributed by atoms with E-state index in [9.17, 15) is 116 Å².